The van der Waals surface area contributed by atoms with Crippen molar-refractivity contribution >= 4 is 11.6 Å². The van der Waals surface area contributed by atoms with E-state index in [1.807, 2.05) is 19.2 Å². The first-order valence-electron chi connectivity index (χ1n) is 5.92. The molecule has 0 saturated heterocycles. The third-order valence-corrected chi connectivity index (χ3v) is 3.12. The number of benzene rings is 2. The van der Waals surface area contributed by atoms with Crippen LogP contribution in [0.2, 0.25) is 5.02 Å². The zero-order valence-electron chi connectivity index (χ0n) is 10.8. The Balaban J connectivity index is 2.60. The Labute approximate surface area is 117 Å². The molecule has 0 unspecified atom stereocenters. The molecule has 4 heteroatoms. The number of methoxy groups -OCH3 is 1. The number of ether oxygens (including phenoxy) is 1. The maximum atomic E-state index is 13.4. The highest BCUT2D eigenvalue weighted by molar-refractivity contribution is 6.31. The van der Waals surface area contributed by atoms with Crippen LogP contribution in [0.5, 0.6) is 5.75 Å². The van der Waals surface area contributed by atoms with Crippen molar-refractivity contribution in [3.05, 3.63) is 52.8 Å². The van der Waals surface area contributed by atoms with Gasteiger partial charge < -0.3 is 10.1 Å². The third kappa shape index (κ3) is 3.06. The fraction of sp³-hybridized carbons (Fsp3) is 0.200. The molecule has 100 valence electrons. The summed E-state index contributed by atoms with van der Waals surface area (Å²) < 4.78 is 18.7. The summed E-state index contributed by atoms with van der Waals surface area (Å²) in [6, 6.07) is 10.1. The highest BCUT2D eigenvalue weighted by atomic mass is 35.5. The molecule has 0 fully saturated rings. The van der Waals surface area contributed by atoms with Crippen LogP contribution in [0.3, 0.4) is 0 Å². The first kappa shape index (κ1) is 13.8. The lowest BCUT2D eigenvalue weighted by atomic mass is 9.98. The van der Waals surface area contributed by atoms with Crippen LogP contribution in [-0.4, -0.2) is 14.2 Å². The zero-order chi connectivity index (χ0) is 13.8. The number of nitrogens with one attached hydrogen (secondary N) is 1. The van der Waals surface area contributed by atoms with E-state index in [4.69, 9.17) is 16.3 Å². The molecule has 1 N–H and O–H groups in total. The third-order valence-electron chi connectivity index (χ3n) is 2.89. The molecule has 2 rings (SSSR count). The fourth-order valence-electron chi connectivity index (χ4n) is 2.05. The van der Waals surface area contributed by atoms with Crippen molar-refractivity contribution in [3.63, 3.8) is 0 Å². The molecule has 0 saturated carbocycles. The van der Waals surface area contributed by atoms with E-state index in [2.05, 4.69) is 5.32 Å². The minimum Gasteiger partial charge on any atom is -0.496 e. The lowest BCUT2D eigenvalue weighted by Crippen LogP contribution is -2.07. The highest BCUT2D eigenvalue weighted by Crippen LogP contribution is 2.34. The molecule has 2 aromatic rings. The Morgan fingerprint density at radius 1 is 1.16 bits per heavy atom. The minimum absolute atomic E-state index is 0.255. The van der Waals surface area contributed by atoms with Crippen LogP contribution < -0.4 is 10.1 Å². The van der Waals surface area contributed by atoms with E-state index in [9.17, 15) is 4.39 Å². The second-order valence-electron chi connectivity index (χ2n) is 4.18. The Morgan fingerprint density at radius 3 is 2.63 bits per heavy atom. The summed E-state index contributed by atoms with van der Waals surface area (Å²) >= 11 is 6.04. The van der Waals surface area contributed by atoms with Crippen LogP contribution in [0.4, 0.5) is 4.39 Å². The van der Waals surface area contributed by atoms with Gasteiger partial charge in [0.1, 0.15) is 11.6 Å². The van der Waals surface area contributed by atoms with Crippen LogP contribution in [-0.2, 0) is 6.54 Å². The fourth-order valence-corrected chi connectivity index (χ4v) is 2.22. The first-order chi connectivity index (χ1) is 9.15. The van der Waals surface area contributed by atoms with E-state index in [1.165, 1.54) is 12.1 Å². The molecule has 0 aliphatic rings. The molecule has 0 heterocycles. The molecule has 0 aromatic heterocycles. The smallest absolute Gasteiger partial charge is 0.126 e. The maximum absolute atomic E-state index is 13.4. The molecule has 0 bridgehead atoms. The molecule has 0 atom stereocenters. The largest absolute Gasteiger partial charge is 0.496 e. The van der Waals surface area contributed by atoms with Gasteiger partial charge in [0.15, 0.2) is 0 Å². The van der Waals surface area contributed by atoms with Gasteiger partial charge in [-0.25, -0.2) is 4.39 Å². The zero-order valence-corrected chi connectivity index (χ0v) is 11.6. The van der Waals surface area contributed by atoms with Gasteiger partial charge in [-0.1, -0.05) is 17.7 Å². The van der Waals surface area contributed by atoms with Gasteiger partial charge >= 0.3 is 0 Å². The van der Waals surface area contributed by atoms with Gasteiger partial charge in [0, 0.05) is 17.1 Å². The van der Waals surface area contributed by atoms with E-state index in [0.717, 1.165) is 16.7 Å². The van der Waals surface area contributed by atoms with Crippen LogP contribution >= 0.6 is 11.6 Å². The lowest BCUT2D eigenvalue weighted by Gasteiger charge is -2.13. The number of hydrogen-bond donors (Lipinski definition) is 1. The summed E-state index contributed by atoms with van der Waals surface area (Å²) in [6.45, 7) is 0.572. The average molecular weight is 280 g/mol. The molecular formula is C15H15ClFNO. The van der Waals surface area contributed by atoms with Crippen molar-refractivity contribution in [2.24, 2.45) is 0 Å². The Kier molecular flexibility index (Phi) is 4.40. The molecule has 19 heavy (non-hydrogen) atoms. The van der Waals surface area contributed by atoms with Gasteiger partial charge in [-0.05, 0) is 48.5 Å². The average Bonchev–Trinajstić information content (AvgIpc) is 2.39. The van der Waals surface area contributed by atoms with Crippen LogP contribution in [0.15, 0.2) is 36.4 Å². The van der Waals surface area contributed by atoms with Gasteiger partial charge in [0.25, 0.3) is 0 Å². The van der Waals surface area contributed by atoms with Crippen molar-refractivity contribution in [1.82, 2.24) is 5.32 Å². The minimum atomic E-state index is -0.255. The molecule has 2 nitrogen and oxygen atoms in total. The van der Waals surface area contributed by atoms with Gasteiger partial charge in [0.05, 0.1) is 7.11 Å². The highest BCUT2D eigenvalue weighted by Gasteiger charge is 2.11. The summed E-state index contributed by atoms with van der Waals surface area (Å²) in [5.41, 5.74) is 2.64. The Morgan fingerprint density at radius 2 is 1.95 bits per heavy atom. The van der Waals surface area contributed by atoms with E-state index < -0.39 is 0 Å². The van der Waals surface area contributed by atoms with E-state index in [1.54, 1.807) is 19.2 Å². The van der Waals surface area contributed by atoms with Crippen molar-refractivity contribution in [1.29, 1.82) is 0 Å². The van der Waals surface area contributed by atoms with Gasteiger partial charge in [-0.15, -0.1) is 0 Å². The number of rotatable bonds is 4. The molecule has 0 aliphatic heterocycles. The first-order valence-corrected chi connectivity index (χ1v) is 6.30. The number of halogens is 2. The second kappa shape index (κ2) is 6.04. The predicted octanol–water partition coefficient (Wildman–Crippen LogP) is 3.87. The Bertz CT molecular complexity index is 586. The van der Waals surface area contributed by atoms with Crippen molar-refractivity contribution in [2.45, 2.75) is 6.54 Å². The van der Waals surface area contributed by atoms with Gasteiger partial charge in [-0.2, -0.15) is 0 Å². The normalized spacial score (nSPS) is 10.5. The maximum Gasteiger partial charge on any atom is 0.126 e. The molecule has 2 aromatic carbocycles. The molecular weight excluding hydrogens is 265 g/mol. The topological polar surface area (TPSA) is 21.3 Å². The SMILES string of the molecule is CNCc1cc(F)ccc1-c1cc(Cl)ccc1OC. The standard InChI is InChI=1S/C15H15ClFNO/c1-18-9-10-7-12(17)4-5-13(10)14-8-11(16)3-6-15(14)19-2/h3-8,18H,9H2,1-2H3. The monoisotopic (exact) mass is 279 g/mol. The van der Waals surface area contributed by atoms with Crippen molar-refractivity contribution in [2.75, 3.05) is 14.2 Å². The Hall–Kier alpha value is -1.58. The van der Waals surface area contributed by atoms with E-state index in [-0.39, 0.29) is 5.82 Å². The van der Waals surface area contributed by atoms with Crippen molar-refractivity contribution in [3.8, 4) is 16.9 Å². The summed E-state index contributed by atoms with van der Waals surface area (Å²) in [6.07, 6.45) is 0. The quantitative estimate of drug-likeness (QED) is 0.917. The van der Waals surface area contributed by atoms with Crippen LogP contribution in [0.25, 0.3) is 11.1 Å². The predicted molar refractivity (Wildman–Crippen MR) is 76.2 cm³/mol. The second-order valence-corrected chi connectivity index (χ2v) is 4.61. The van der Waals surface area contributed by atoms with Gasteiger partial charge in [0.2, 0.25) is 0 Å². The van der Waals surface area contributed by atoms with Crippen LogP contribution in [0.1, 0.15) is 5.56 Å². The van der Waals surface area contributed by atoms with E-state index >= 15 is 0 Å². The summed E-state index contributed by atoms with van der Waals surface area (Å²) in [5, 5.41) is 3.65. The lowest BCUT2D eigenvalue weighted by molar-refractivity contribution is 0.416. The summed E-state index contributed by atoms with van der Waals surface area (Å²) in [5.74, 6) is 0.461. The summed E-state index contributed by atoms with van der Waals surface area (Å²) in [4.78, 5) is 0. The van der Waals surface area contributed by atoms with E-state index in [0.29, 0.717) is 17.3 Å². The molecule has 0 amide bonds. The number of hydrogen-bond acceptors (Lipinski definition) is 2. The van der Waals surface area contributed by atoms with Crippen LogP contribution in [0, 0.1) is 5.82 Å². The summed E-state index contributed by atoms with van der Waals surface area (Å²) in [7, 11) is 3.43. The van der Waals surface area contributed by atoms with Gasteiger partial charge in [-0.3, -0.25) is 0 Å². The molecule has 0 spiro atoms. The van der Waals surface area contributed by atoms with Crippen molar-refractivity contribution < 1.29 is 9.13 Å². The molecule has 0 aliphatic carbocycles. The molecule has 0 radical (unpaired) electrons.